The van der Waals surface area contributed by atoms with E-state index in [0.717, 1.165) is 6.42 Å². The zero-order valence-electron chi connectivity index (χ0n) is 12.1. The van der Waals surface area contributed by atoms with Crippen LogP contribution in [0.5, 0.6) is 0 Å². The van der Waals surface area contributed by atoms with Crippen LogP contribution in [0.1, 0.15) is 28.4 Å². The molecule has 0 aromatic heterocycles. The highest BCUT2D eigenvalue weighted by molar-refractivity contribution is 5.94. The fraction of sp³-hybridized carbons (Fsp3) is 0.222. The molecule has 3 nitrogen and oxygen atoms in total. The maximum atomic E-state index is 12.5. The monoisotopic (exact) mass is 278 g/mol. The molecule has 0 saturated heterocycles. The molecule has 0 saturated carbocycles. The van der Waals surface area contributed by atoms with E-state index in [9.17, 15) is 4.79 Å². The summed E-state index contributed by atoms with van der Waals surface area (Å²) in [6, 6.07) is 19.0. The van der Waals surface area contributed by atoms with Gasteiger partial charge >= 0.3 is 0 Å². The molecule has 21 heavy (non-hydrogen) atoms. The van der Waals surface area contributed by atoms with Crippen molar-refractivity contribution in [3.63, 3.8) is 0 Å². The molecule has 2 aromatic rings. The lowest BCUT2D eigenvalue weighted by molar-refractivity contribution is 0.0766. The quantitative estimate of drug-likeness (QED) is 0.842. The first-order valence-electron chi connectivity index (χ1n) is 7.08. The summed E-state index contributed by atoms with van der Waals surface area (Å²) in [4.78, 5) is 14.3. The van der Waals surface area contributed by atoms with Gasteiger partial charge in [0, 0.05) is 18.7 Å². The van der Waals surface area contributed by atoms with Gasteiger partial charge in [0.1, 0.15) is 0 Å². The summed E-state index contributed by atoms with van der Waals surface area (Å²) in [7, 11) is 0. The molecule has 2 aromatic carbocycles. The molecular formula is C18H18N2O. The maximum Gasteiger partial charge on any atom is 0.253 e. The average Bonchev–Trinajstić information content (AvgIpc) is 2.56. The van der Waals surface area contributed by atoms with Crippen LogP contribution in [-0.4, -0.2) is 23.9 Å². The molecule has 1 amide bonds. The summed E-state index contributed by atoms with van der Waals surface area (Å²) >= 11 is 0. The molecule has 0 aliphatic carbocycles. The van der Waals surface area contributed by atoms with Crippen LogP contribution in [0.4, 0.5) is 0 Å². The minimum Gasteiger partial charge on any atom is -0.339 e. The summed E-state index contributed by atoms with van der Waals surface area (Å²) < 4.78 is 0. The van der Waals surface area contributed by atoms with Crippen LogP contribution >= 0.6 is 0 Å². The molecule has 0 radical (unpaired) electrons. The number of carbonyl (C=O) groups is 1. The van der Waals surface area contributed by atoms with Crippen molar-refractivity contribution < 1.29 is 4.79 Å². The molecule has 0 spiro atoms. The van der Waals surface area contributed by atoms with Crippen LogP contribution in [0.25, 0.3) is 0 Å². The Hall–Kier alpha value is -2.60. The van der Waals surface area contributed by atoms with Crippen LogP contribution in [0.15, 0.2) is 54.6 Å². The van der Waals surface area contributed by atoms with Gasteiger partial charge in [-0.15, -0.1) is 0 Å². The van der Waals surface area contributed by atoms with Gasteiger partial charge in [-0.05, 0) is 37.1 Å². The van der Waals surface area contributed by atoms with E-state index >= 15 is 0 Å². The number of hydrogen-bond acceptors (Lipinski definition) is 2. The Morgan fingerprint density at radius 3 is 2.57 bits per heavy atom. The van der Waals surface area contributed by atoms with Gasteiger partial charge < -0.3 is 4.90 Å². The van der Waals surface area contributed by atoms with E-state index in [1.54, 1.807) is 24.3 Å². The molecule has 2 rings (SSSR count). The Balaban J connectivity index is 2.06. The van der Waals surface area contributed by atoms with Gasteiger partial charge in [0.25, 0.3) is 5.91 Å². The van der Waals surface area contributed by atoms with Gasteiger partial charge in [-0.25, -0.2) is 0 Å². The number of nitrogens with zero attached hydrogens (tertiary/aromatic N) is 2. The summed E-state index contributed by atoms with van der Waals surface area (Å²) in [6.07, 6.45) is 0.832. The maximum absolute atomic E-state index is 12.5. The largest absolute Gasteiger partial charge is 0.339 e. The third-order valence-corrected chi connectivity index (χ3v) is 3.42. The van der Waals surface area contributed by atoms with Gasteiger partial charge in [0.2, 0.25) is 0 Å². The Bertz CT molecular complexity index is 644. The van der Waals surface area contributed by atoms with Crippen molar-refractivity contribution >= 4 is 5.91 Å². The fourth-order valence-electron chi connectivity index (χ4n) is 2.22. The molecule has 3 heteroatoms. The van der Waals surface area contributed by atoms with Crippen LogP contribution in [0.2, 0.25) is 0 Å². The van der Waals surface area contributed by atoms with Crippen molar-refractivity contribution in [1.82, 2.24) is 4.90 Å². The van der Waals surface area contributed by atoms with E-state index in [0.29, 0.717) is 24.2 Å². The van der Waals surface area contributed by atoms with Crippen molar-refractivity contribution in [3.05, 3.63) is 71.3 Å². The molecule has 0 aliphatic heterocycles. The lowest BCUT2D eigenvalue weighted by atomic mass is 10.1. The van der Waals surface area contributed by atoms with Gasteiger partial charge in [-0.3, -0.25) is 4.79 Å². The van der Waals surface area contributed by atoms with E-state index in [1.807, 2.05) is 30.0 Å². The van der Waals surface area contributed by atoms with Gasteiger partial charge in [0.05, 0.1) is 11.6 Å². The zero-order chi connectivity index (χ0) is 15.1. The van der Waals surface area contributed by atoms with E-state index in [2.05, 4.69) is 18.2 Å². The van der Waals surface area contributed by atoms with E-state index in [1.165, 1.54) is 5.56 Å². The summed E-state index contributed by atoms with van der Waals surface area (Å²) in [5.74, 6) is -0.0227. The predicted octanol–water partition coefficient (Wildman–Crippen LogP) is 3.26. The first-order chi connectivity index (χ1) is 10.2. The highest BCUT2D eigenvalue weighted by Gasteiger charge is 2.14. The second-order valence-electron chi connectivity index (χ2n) is 4.81. The van der Waals surface area contributed by atoms with Crippen molar-refractivity contribution in [3.8, 4) is 6.07 Å². The number of nitriles is 1. The number of hydrogen-bond donors (Lipinski definition) is 0. The topological polar surface area (TPSA) is 44.1 Å². The summed E-state index contributed by atoms with van der Waals surface area (Å²) in [5, 5.41) is 8.92. The van der Waals surface area contributed by atoms with Crippen molar-refractivity contribution in [2.75, 3.05) is 13.1 Å². The minimum absolute atomic E-state index is 0.0227. The van der Waals surface area contributed by atoms with Gasteiger partial charge in [0.15, 0.2) is 0 Å². The highest BCUT2D eigenvalue weighted by atomic mass is 16.2. The van der Waals surface area contributed by atoms with Gasteiger partial charge in [-0.2, -0.15) is 5.26 Å². The number of amides is 1. The number of likely N-dealkylation sites (N-methyl/N-ethyl adjacent to an activating group) is 1. The van der Waals surface area contributed by atoms with Crippen LogP contribution in [0.3, 0.4) is 0 Å². The first kappa shape index (κ1) is 14.8. The number of rotatable bonds is 5. The first-order valence-corrected chi connectivity index (χ1v) is 7.08. The van der Waals surface area contributed by atoms with Crippen LogP contribution < -0.4 is 0 Å². The minimum atomic E-state index is -0.0227. The number of benzene rings is 2. The highest BCUT2D eigenvalue weighted by Crippen LogP contribution is 2.09. The molecule has 0 N–H and O–H groups in total. The zero-order valence-corrected chi connectivity index (χ0v) is 12.1. The number of carbonyl (C=O) groups excluding carboxylic acids is 1. The lowest BCUT2D eigenvalue weighted by Gasteiger charge is -2.21. The van der Waals surface area contributed by atoms with Crippen LogP contribution in [0, 0.1) is 11.3 Å². The Morgan fingerprint density at radius 1 is 1.14 bits per heavy atom. The third-order valence-electron chi connectivity index (χ3n) is 3.42. The third kappa shape index (κ3) is 3.93. The standard InChI is InChI=1S/C18H18N2O/c1-2-20(12-11-15-7-4-3-5-8-15)18(21)17-10-6-9-16(13-17)14-19/h3-10,13H,2,11-12H2,1H3. The van der Waals surface area contributed by atoms with E-state index in [-0.39, 0.29) is 5.91 Å². The van der Waals surface area contributed by atoms with Crippen molar-refractivity contribution in [2.45, 2.75) is 13.3 Å². The van der Waals surface area contributed by atoms with E-state index < -0.39 is 0 Å². The smallest absolute Gasteiger partial charge is 0.253 e. The van der Waals surface area contributed by atoms with Crippen LogP contribution in [-0.2, 0) is 6.42 Å². The summed E-state index contributed by atoms with van der Waals surface area (Å²) in [5.41, 5.74) is 2.30. The van der Waals surface area contributed by atoms with Crippen molar-refractivity contribution in [1.29, 1.82) is 5.26 Å². The Kier molecular flexibility index (Phi) is 5.11. The average molecular weight is 278 g/mol. The molecule has 0 heterocycles. The SMILES string of the molecule is CCN(CCc1ccccc1)C(=O)c1cccc(C#N)c1. The molecule has 0 fully saturated rings. The molecular weight excluding hydrogens is 260 g/mol. The Labute approximate surface area is 125 Å². The second kappa shape index (κ2) is 7.25. The molecule has 0 bridgehead atoms. The predicted molar refractivity (Wildman–Crippen MR) is 82.9 cm³/mol. The van der Waals surface area contributed by atoms with Crippen molar-refractivity contribution in [2.24, 2.45) is 0 Å². The normalized spacial score (nSPS) is 9.90. The lowest BCUT2D eigenvalue weighted by Crippen LogP contribution is -2.32. The molecule has 0 unspecified atom stereocenters. The second-order valence-corrected chi connectivity index (χ2v) is 4.81. The summed E-state index contributed by atoms with van der Waals surface area (Å²) in [6.45, 7) is 3.30. The fourth-order valence-corrected chi connectivity index (χ4v) is 2.22. The Morgan fingerprint density at radius 2 is 1.90 bits per heavy atom. The van der Waals surface area contributed by atoms with Gasteiger partial charge in [-0.1, -0.05) is 36.4 Å². The van der Waals surface area contributed by atoms with E-state index in [4.69, 9.17) is 5.26 Å². The molecule has 0 aliphatic rings. The molecule has 0 atom stereocenters. The molecule has 106 valence electrons.